The summed E-state index contributed by atoms with van der Waals surface area (Å²) in [4.78, 5) is 40.1. The van der Waals surface area contributed by atoms with E-state index in [1.165, 1.54) is 7.11 Å². The molecule has 2 amide bonds. The number of methoxy groups -OCH3 is 1. The van der Waals surface area contributed by atoms with Crippen LogP contribution in [0.15, 0.2) is 89.3 Å². The molecule has 1 aromatic heterocycles. The molecule has 5 rings (SSSR count). The van der Waals surface area contributed by atoms with Crippen LogP contribution in [0.3, 0.4) is 0 Å². The first kappa shape index (κ1) is 24.3. The van der Waals surface area contributed by atoms with Gasteiger partial charge in [0.2, 0.25) is 5.91 Å². The smallest absolute Gasteiger partial charge is 0.316 e. The van der Waals surface area contributed by atoms with E-state index in [-0.39, 0.29) is 30.0 Å². The number of esters is 1. The molecule has 0 radical (unpaired) electrons. The first-order chi connectivity index (χ1) is 18.0. The molecule has 4 aromatic rings. The normalized spacial score (nSPS) is 14.8. The van der Waals surface area contributed by atoms with Gasteiger partial charge in [-0.15, -0.1) is 0 Å². The Morgan fingerprint density at radius 3 is 2.27 bits per heavy atom. The van der Waals surface area contributed by atoms with Crippen molar-refractivity contribution in [1.29, 1.82) is 0 Å². The van der Waals surface area contributed by atoms with Crippen LogP contribution in [0.25, 0.3) is 11.0 Å². The number of furan rings is 1. The van der Waals surface area contributed by atoms with Gasteiger partial charge in [0.05, 0.1) is 18.9 Å². The van der Waals surface area contributed by atoms with Crippen molar-refractivity contribution in [2.45, 2.75) is 24.7 Å². The van der Waals surface area contributed by atoms with Gasteiger partial charge in [-0.25, -0.2) is 0 Å². The Hall–Kier alpha value is -4.39. The number of carbonyl (C=O) groups excluding carboxylic acids is 3. The summed E-state index contributed by atoms with van der Waals surface area (Å²) in [5.41, 5.74) is 2.32. The van der Waals surface area contributed by atoms with Gasteiger partial charge in [0.1, 0.15) is 5.58 Å². The highest BCUT2D eigenvalue weighted by Crippen LogP contribution is 2.37. The molecule has 1 aliphatic rings. The standard InChI is InChI=1S/C30H28N2O5/c1-36-29(35)30(23-8-3-2-4-9-23)15-17-32(18-16-30)27(33)19-21-11-13-24(14-12-21)31-28(34)26-20-22-7-5-6-10-25(22)37-26/h2-14,20H,15-19H2,1H3,(H,31,34). The summed E-state index contributed by atoms with van der Waals surface area (Å²) in [6.07, 6.45) is 1.28. The number of nitrogens with zero attached hydrogens (tertiary/aromatic N) is 1. The number of amides is 2. The summed E-state index contributed by atoms with van der Waals surface area (Å²) in [5.74, 6) is -0.346. The summed E-state index contributed by atoms with van der Waals surface area (Å²) >= 11 is 0. The predicted octanol–water partition coefficient (Wildman–Crippen LogP) is 4.96. The third-order valence-corrected chi connectivity index (χ3v) is 7.09. The Balaban J connectivity index is 1.19. The first-order valence-corrected chi connectivity index (χ1v) is 12.3. The second-order valence-corrected chi connectivity index (χ2v) is 9.30. The Kier molecular flexibility index (Phi) is 6.77. The molecule has 1 fully saturated rings. The van der Waals surface area contributed by atoms with Gasteiger partial charge in [-0.3, -0.25) is 14.4 Å². The predicted molar refractivity (Wildman–Crippen MR) is 140 cm³/mol. The zero-order valence-electron chi connectivity index (χ0n) is 20.6. The summed E-state index contributed by atoms with van der Waals surface area (Å²) in [5, 5.41) is 3.70. The van der Waals surface area contributed by atoms with E-state index in [1.807, 2.05) is 66.7 Å². The van der Waals surface area contributed by atoms with Crippen LogP contribution < -0.4 is 5.32 Å². The van der Waals surface area contributed by atoms with Crippen molar-refractivity contribution in [3.63, 3.8) is 0 Å². The molecule has 0 aliphatic carbocycles. The van der Waals surface area contributed by atoms with Gasteiger partial charge in [0.25, 0.3) is 5.91 Å². The van der Waals surface area contributed by atoms with E-state index in [9.17, 15) is 14.4 Å². The Morgan fingerprint density at radius 2 is 1.59 bits per heavy atom. The molecule has 0 bridgehead atoms. The van der Waals surface area contributed by atoms with E-state index in [1.54, 1.807) is 23.1 Å². The fraction of sp³-hybridized carbons (Fsp3) is 0.233. The Bertz CT molecular complexity index is 1380. The van der Waals surface area contributed by atoms with Crippen LogP contribution in [-0.4, -0.2) is 42.9 Å². The van der Waals surface area contributed by atoms with Crippen LogP contribution in [-0.2, 0) is 26.2 Å². The van der Waals surface area contributed by atoms with Gasteiger partial charge in [-0.2, -0.15) is 0 Å². The number of piperidine rings is 1. The molecular formula is C30H28N2O5. The average Bonchev–Trinajstić information content (AvgIpc) is 3.39. The third kappa shape index (κ3) is 4.98. The van der Waals surface area contributed by atoms with E-state index in [4.69, 9.17) is 9.15 Å². The molecule has 7 nitrogen and oxygen atoms in total. The van der Waals surface area contributed by atoms with Gasteiger partial charge in [-0.1, -0.05) is 60.7 Å². The van der Waals surface area contributed by atoms with Crippen LogP contribution in [0.5, 0.6) is 0 Å². The second-order valence-electron chi connectivity index (χ2n) is 9.30. The number of fused-ring (bicyclic) bond motifs is 1. The van der Waals surface area contributed by atoms with E-state index in [0.717, 1.165) is 16.5 Å². The highest BCUT2D eigenvalue weighted by Gasteiger charge is 2.44. The molecular weight excluding hydrogens is 468 g/mol. The van der Waals surface area contributed by atoms with Crippen LogP contribution in [0.2, 0.25) is 0 Å². The maximum Gasteiger partial charge on any atom is 0.316 e. The minimum atomic E-state index is -0.730. The first-order valence-electron chi connectivity index (χ1n) is 12.3. The van der Waals surface area contributed by atoms with E-state index < -0.39 is 5.41 Å². The molecule has 1 aliphatic heterocycles. The van der Waals surface area contributed by atoms with Crippen molar-refractivity contribution in [1.82, 2.24) is 4.90 Å². The van der Waals surface area contributed by atoms with Crippen LogP contribution in [0.4, 0.5) is 5.69 Å². The zero-order chi connectivity index (χ0) is 25.8. The quantitative estimate of drug-likeness (QED) is 0.381. The van der Waals surface area contributed by atoms with Crippen LogP contribution in [0, 0.1) is 0 Å². The van der Waals surface area contributed by atoms with Gasteiger partial charge in [0, 0.05) is 24.2 Å². The third-order valence-electron chi connectivity index (χ3n) is 7.09. The maximum atomic E-state index is 13.0. The Labute approximate surface area is 215 Å². The molecule has 0 saturated carbocycles. The molecule has 1 N–H and O–H groups in total. The van der Waals surface area contributed by atoms with Crippen molar-refractivity contribution < 1.29 is 23.5 Å². The summed E-state index contributed by atoms with van der Waals surface area (Å²) in [6, 6.07) is 26.0. The number of ether oxygens (including phenoxy) is 1. The van der Waals surface area contributed by atoms with Crippen LogP contribution in [0.1, 0.15) is 34.5 Å². The topological polar surface area (TPSA) is 88.9 Å². The second kappa shape index (κ2) is 10.3. The number of rotatable bonds is 6. The van der Waals surface area contributed by atoms with Crippen molar-refractivity contribution in [2.75, 3.05) is 25.5 Å². The SMILES string of the molecule is COC(=O)C1(c2ccccc2)CCN(C(=O)Cc2ccc(NC(=O)c3cc4ccccc4o3)cc2)CC1. The molecule has 7 heteroatoms. The fourth-order valence-corrected chi connectivity index (χ4v) is 4.98. The number of likely N-dealkylation sites (tertiary alicyclic amines) is 1. The number of anilines is 1. The zero-order valence-corrected chi connectivity index (χ0v) is 20.6. The molecule has 1 saturated heterocycles. The van der Waals surface area contributed by atoms with Gasteiger partial charge >= 0.3 is 5.97 Å². The molecule has 0 atom stereocenters. The molecule has 3 aromatic carbocycles. The highest BCUT2D eigenvalue weighted by atomic mass is 16.5. The van der Waals surface area contributed by atoms with Crippen LogP contribution >= 0.6 is 0 Å². The monoisotopic (exact) mass is 496 g/mol. The minimum Gasteiger partial charge on any atom is -0.468 e. The lowest BCUT2D eigenvalue weighted by molar-refractivity contribution is -0.151. The number of nitrogens with one attached hydrogen (secondary N) is 1. The number of para-hydroxylation sites is 1. The average molecular weight is 497 g/mol. The maximum absolute atomic E-state index is 13.0. The van der Waals surface area contributed by atoms with E-state index >= 15 is 0 Å². The summed E-state index contributed by atoms with van der Waals surface area (Å²) in [7, 11) is 1.41. The van der Waals surface area contributed by atoms with E-state index in [2.05, 4.69) is 5.32 Å². The Morgan fingerprint density at radius 1 is 0.919 bits per heavy atom. The lowest BCUT2D eigenvalue weighted by Crippen LogP contribution is -2.49. The van der Waals surface area contributed by atoms with Gasteiger partial charge < -0.3 is 19.4 Å². The van der Waals surface area contributed by atoms with E-state index in [0.29, 0.717) is 37.2 Å². The summed E-state index contributed by atoms with van der Waals surface area (Å²) < 4.78 is 10.8. The fourth-order valence-electron chi connectivity index (χ4n) is 4.98. The number of benzene rings is 3. The van der Waals surface area contributed by atoms with Crippen molar-refractivity contribution >= 4 is 34.4 Å². The lowest BCUT2D eigenvalue weighted by atomic mass is 9.72. The highest BCUT2D eigenvalue weighted by molar-refractivity contribution is 6.04. The molecule has 188 valence electrons. The van der Waals surface area contributed by atoms with Crippen molar-refractivity contribution in [3.05, 3.63) is 102 Å². The van der Waals surface area contributed by atoms with Gasteiger partial charge in [0.15, 0.2) is 5.76 Å². The van der Waals surface area contributed by atoms with Crippen molar-refractivity contribution in [3.8, 4) is 0 Å². The molecule has 2 heterocycles. The number of hydrogen-bond acceptors (Lipinski definition) is 5. The lowest BCUT2D eigenvalue weighted by Gasteiger charge is -2.40. The molecule has 0 spiro atoms. The van der Waals surface area contributed by atoms with Gasteiger partial charge in [-0.05, 0) is 48.2 Å². The summed E-state index contributed by atoms with van der Waals surface area (Å²) in [6.45, 7) is 0.961. The number of carbonyl (C=O) groups is 3. The molecule has 0 unspecified atom stereocenters. The largest absolute Gasteiger partial charge is 0.468 e. The van der Waals surface area contributed by atoms with Crippen molar-refractivity contribution in [2.24, 2.45) is 0 Å². The minimum absolute atomic E-state index is 0.00517. The number of hydrogen-bond donors (Lipinski definition) is 1. The molecule has 37 heavy (non-hydrogen) atoms.